The number of aromatic nitrogens is 3. The molecule has 0 bridgehead atoms. The van der Waals surface area contributed by atoms with Crippen LogP contribution in [-0.4, -0.2) is 81.8 Å². The normalized spacial score (nSPS) is 16.1. The lowest BCUT2D eigenvalue weighted by Crippen LogP contribution is -2.50. The lowest BCUT2D eigenvalue weighted by molar-refractivity contribution is 0.00793. The van der Waals surface area contributed by atoms with Gasteiger partial charge in [-0.1, -0.05) is 30.3 Å². The zero-order valence-electron chi connectivity index (χ0n) is 23.4. The number of carbonyl (C=O) groups is 2. The van der Waals surface area contributed by atoms with E-state index >= 15 is 0 Å². The highest BCUT2D eigenvalue weighted by Gasteiger charge is 2.38. The summed E-state index contributed by atoms with van der Waals surface area (Å²) in [5.74, 6) is -1.17. The zero-order valence-corrected chi connectivity index (χ0v) is 23.4. The third-order valence-corrected chi connectivity index (χ3v) is 7.36. The van der Waals surface area contributed by atoms with Gasteiger partial charge in [-0.25, -0.2) is 19.3 Å². The van der Waals surface area contributed by atoms with Crippen molar-refractivity contribution in [1.82, 2.24) is 19.7 Å². The van der Waals surface area contributed by atoms with Crippen molar-refractivity contribution in [2.45, 2.75) is 32.3 Å². The summed E-state index contributed by atoms with van der Waals surface area (Å²) in [6.45, 7) is 9.48. The summed E-state index contributed by atoms with van der Waals surface area (Å²) in [7, 11) is 0. The number of amides is 1. The van der Waals surface area contributed by atoms with Crippen molar-refractivity contribution in [3.63, 3.8) is 0 Å². The second kappa shape index (κ2) is 10.5. The highest BCUT2D eigenvalue weighted by atomic mass is 16.6. The van der Waals surface area contributed by atoms with Crippen LogP contribution >= 0.6 is 0 Å². The second-order valence-electron chi connectivity index (χ2n) is 11.4. The molecule has 2 aromatic carbocycles. The van der Waals surface area contributed by atoms with Gasteiger partial charge in [0, 0.05) is 37.8 Å². The molecule has 2 saturated heterocycles. The molecule has 0 radical (unpaired) electrons. The molecule has 0 unspecified atom stereocenters. The Balaban J connectivity index is 1.45. The number of anilines is 1. The van der Waals surface area contributed by atoms with Gasteiger partial charge >= 0.3 is 12.1 Å². The molecule has 2 aliphatic rings. The van der Waals surface area contributed by atoms with Crippen LogP contribution in [0.2, 0.25) is 0 Å². The molecule has 0 saturated carbocycles. The van der Waals surface area contributed by atoms with Crippen LogP contribution in [0.4, 0.5) is 10.5 Å². The summed E-state index contributed by atoms with van der Waals surface area (Å²) in [5, 5.41) is 15.8. The fourth-order valence-electron chi connectivity index (χ4n) is 5.32. The Labute approximate surface area is 238 Å². The van der Waals surface area contributed by atoms with E-state index in [1.807, 2.05) is 63.2 Å². The maximum Gasteiger partial charge on any atom is 0.410 e. The van der Waals surface area contributed by atoms with Crippen molar-refractivity contribution in [1.29, 1.82) is 0 Å². The van der Waals surface area contributed by atoms with Gasteiger partial charge < -0.3 is 24.4 Å². The number of fused-ring (bicyclic) bond motifs is 1. The molecular formula is C31H33N5O5. The molecule has 6 rings (SSSR count). The number of carbonyl (C=O) groups excluding carboxylic acids is 1. The van der Waals surface area contributed by atoms with Crippen LogP contribution in [0.25, 0.3) is 27.8 Å². The van der Waals surface area contributed by atoms with Gasteiger partial charge in [0.15, 0.2) is 11.3 Å². The number of nitrogens with zero attached hydrogens (tertiary/aromatic N) is 5. The first-order chi connectivity index (χ1) is 19.7. The Bertz CT molecular complexity index is 1580. The van der Waals surface area contributed by atoms with E-state index in [4.69, 9.17) is 14.6 Å². The number of hydrogen-bond acceptors (Lipinski definition) is 7. The quantitative estimate of drug-likeness (QED) is 0.368. The second-order valence-corrected chi connectivity index (χ2v) is 11.4. The summed E-state index contributed by atoms with van der Waals surface area (Å²) in [4.78, 5) is 33.4. The Hall–Kier alpha value is -4.44. The molecule has 212 valence electrons. The molecule has 2 aliphatic heterocycles. The predicted molar refractivity (Wildman–Crippen MR) is 155 cm³/mol. The Morgan fingerprint density at radius 3 is 2.29 bits per heavy atom. The molecule has 41 heavy (non-hydrogen) atoms. The van der Waals surface area contributed by atoms with E-state index in [9.17, 15) is 14.7 Å². The Morgan fingerprint density at radius 2 is 1.66 bits per heavy atom. The van der Waals surface area contributed by atoms with E-state index in [2.05, 4.69) is 22.0 Å². The van der Waals surface area contributed by atoms with Crippen LogP contribution in [0.1, 0.15) is 42.9 Å². The lowest BCUT2D eigenvalue weighted by Gasteiger charge is -2.39. The van der Waals surface area contributed by atoms with Gasteiger partial charge in [0.05, 0.1) is 30.0 Å². The van der Waals surface area contributed by atoms with E-state index in [0.29, 0.717) is 32.0 Å². The molecule has 0 atom stereocenters. The van der Waals surface area contributed by atoms with Crippen molar-refractivity contribution in [2.24, 2.45) is 0 Å². The van der Waals surface area contributed by atoms with Gasteiger partial charge in [-0.2, -0.15) is 5.10 Å². The van der Waals surface area contributed by atoms with Crippen molar-refractivity contribution < 1.29 is 24.2 Å². The van der Waals surface area contributed by atoms with E-state index < -0.39 is 11.6 Å². The number of pyridine rings is 1. The van der Waals surface area contributed by atoms with Gasteiger partial charge in [0.25, 0.3) is 0 Å². The van der Waals surface area contributed by atoms with Crippen molar-refractivity contribution in [3.05, 3.63) is 72.1 Å². The number of carboxylic acids is 1. The van der Waals surface area contributed by atoms with Crippen LogP contribution in [0.5, 0.6) is 0 Å². The molecule has 10 nitrogen and oxygen atoms in total. The third-order valence-electron chi connectivity index (χ3n) is 7.36. The first-order valence-electron chi connectivity index (χ1n) is 13.8. The van der Waals surface area contributed by atoms with Crippen LogP contribution in [0, 0.1) is 0 Å². The molecule has 0 aliphatic carbocycles. The van der Waals surface area contributed by atoms with Crippen LogP contribution in [-0.2, 0) is 9.47 Å². The smallest absolute Gasteiger partial charge is 0.410 e. The number of hydrogen-bond donors (Lipinski definition) is 1. The van der Waals surface area contributed by atoms with E-state index in [1.54, 1.807) is 15.6 Å². The molecule has 1 amide bonds. The van der Waals surface area contributed by atoms with Crippen molar-refractivity contribution >= 4 is 28.8 Å². The first kappa shape index (κ1) is 26.8. The standard InChI is InChI=1S/C31H33N5O5/c1-31(2,3)41-30(39)35-18-21(19-35)27-26-24(20-9-11-22(12-10-20)34-13-15-40-16-14-34)17-25(29(37)38)32-28(26)36(33-27)23-7-5-4-6-8-23/h4-12,17,21H,13-16,18-19H2,1-3H3,(H,37,38). The van der Waals surface area contributed by atoms with Crippen molar-refractivity contribution in [2.75, 3.05) is 44.3 Å². The average molecular weight is 556 g/mol. The fraction of sp³-hybridized carbons (Fsp3) is 0.355. The fourth-order valence-corrected chi connectivity index (χ4v) is 5.32. The number of likely N-dealkylation sites (tertiary alicyclic amines) is 1. The molecule has 4 heterocycles. The summed E-state index contributed by atoms with van der Waals surface area (Å²) < 4.78 is 12.8. The van der Waals surface area contributed by atoms with Crippen LogP contribution in [0.3, 0.4) is 0 Å². The SMILES string of the molecule is CC(C)(C)OC(=O)N1CC(c2nn(-c3ccccc3)c3nc(C(=O)O)cc(-c4ccc(N5CCOCC5)cc4)c23)C1. The number of rotatable bonds is 5. The monoisotopic (exact) mass is 555 g/mol. The van der Waals surface area contributed by atoms with Crippen LogP contribution < -0.4 is 4.90 Å². The number of ether oxygens (including phenoxy) is 2. The van der Waals surface area contributed by atoms with Gasteiger partial charge in [-0.3, -0.25) is 0 Å². The van der Waals surface area contributed by atoms with Gasteiger partial charge in [-0.15, -0.1) is 0 Å². The van der Waals surface area contributed by atoms with E-state index in [1.165, 1.54) is 0 Å². The molecule has 0 spiro atoms. The van der Waals surface area contributed by atoms with Crippen molar-refractivity contribution in [3.8, 4) is 16.8 Å². The zero-order chi connectivity index (χ0) is 28.7. The number of morpholine rings is 1. The van der Waals surface area contributed by atoms with E-state index in [0.717, 1.165) is 46.7 Å². The lowest BCUT2D eigenvalue weighted by atomic mass is 9.91. The third kappa shape index (κ3) is 5.35. The summed E-state index contributed by atoms with van der Waals surface area (Å²) in [6.07, 6.45) is -0.356. The minimum absolute atomic E-state index is 0.0566. The van der Waals surface area contributed by atoms with E-state index in [-0.39, 0.29) is 17.7 Å². The molecule has 10 heteroatoms. The van der Waals surface area contributed by atoms with Gasteiger partial charge in [0.2, 0.25) is 0 Å². The minimum atomic E-state index is -1.11. The summed E-state index contributed by atoms with van der Waals surface area (Å²) >= 11 is 0. The maximum absolute atomic E-state index is 12.7. The van der Waals surface area contributed by atoms with Gasteiger partial charge in [-0.05, 0) is 62.2 Å². The predicted octanol–water partition coefficient (Wildman–Crippen LogP) is 4.96. The van der Waals surface area contributed by atoms with Gasteiger partial charge in [0.1, 0.15) is 5.60 Å². The molecule has 2 fully saturated rings. The largest absolute Gasteiger partial charge is 0.477 e. The summed E-state index contributed by atoms with van der Waals surface area (Å²) in [6, 6.07) is 19.3. The highest BCUT2D eigenvalue weighted by molar-refractivity contribution is 6.00. The number of benzene rings is 2. The minimum Gasteiger partial charge on any atom is -0.477 e. The number of carboxylic acid groups (broad SMARTS) is 1. The molecular weight excluding hydrogens is 522 g/mol. The average Bonchev–Trinajstić information content (AvgIpc) is 3.31. The highest BCUT2D eigenvalue weighted by Crippen LogP contribution is 2.39. The Morgan fingerprint density at radius 1 is 0.976 bits per heavy atom. The Kier molecular flexibility index (Phi) is 6.86. The van der Waals surface area contributed by atoms with Crippen LogP contribution in [0.15, 0.2) is 60.7 Å². The molecule has 4 aromatic rings. The topological polar surface area (TPSA) is 110 Å². The maximum atomic E-state index is 12.7. The summed E-state index contributed by atoms with van der Waals surface area (Å²) in [5.41, 5.74) is 4.08. The molecule has 1 N–H and O–H groups in total. The number of aromatic carboxylic acids is 1. The molecule has 2 aromatic heterocycles. The number of para-hydroxylation sites is 1. The first-order valence-corrected chi connectivity index (χ1v) is 13.8.